The zero-order valence-electron chi connectivity index (χ0n) is 26.9. The minimum Gasteiger partial charge on any atom is -0.508 e. The highest BCUT2D eigenvalue weighted by Gasteiger charge is 2.44. The van der Waals surface area contributed by atoms with Crippen LogP contribution in [0.1, 0.15) is 15.9 Å². The molecule has 0 saturated carbocycles. The second-order valence-corrected chi connectivity index (χ2v) is 11.6. The van der Waals surface area contributed by atoms with Crippen LogP contribution in [0.3, 0.4) is 0 Å². The summed E-state index contributed by atoms with van der Waals surface area (Å²) >= 11 is 0. The molecule has 274 valence electrons. The van der Waals surface area contributed by atoms with Crippen LogP contribution in [0.15, 0.2) is 88.1 Å². The van der Waals surface area contributed by atoms with Crippen LogP contribution >= 0.6 is 0 Å². The average molecular weight is 723 g/mol. The van der Waals surface area contributed by atoms with E-state index in [0.29, 0.717) is 12.0 Å². The van der Waals surface area contributed by atoms with Gasteiger partial charge in [0.15, 0.2) is 29.3 Å². The maximum atomic E-state index is 12.2. The molecule has 0 bridgehead atoms. The van der Waals surface area contributed by atoms with Crippen molar-refractivity contribution in [3.8, 4) is 51.6 Å². The van der Waals surface area contributed by atoms with Gasteiger partial charge in [0.25, 0.3) is 0 Å². The second kappa shape index (κ2) is 15.9. The lowest BCUT2D eigenvalue weighted by Crippen LogP contribution is -2.59. The summed E-state index contributed by atoms with van der Waals surface area (Å²) in [6.07, 6.45) is -6.60. The molecule has 6 rings (SSSR count). The summed E-state index contributed by atoms with van der Waals surface area (Å²) in [6.45, 7) is -0.335. The van der Waals surface area contributed by atoms with Crippen molar-refractivity contribution in [1.82, 2.24) is 0 Å². The maximum Gasteiger partial charge on any atom is 0.338 e. The predicted molar refractivity (Wildman–Crippen MR) is 179 cm³/mol. The first-order chi connectivity index (χ1) is 24.7. The zero-order chi connectivity index (χ0) is 37.7. The SMILES string of the molecule is O=C(OCC1OC(OCCc2ccccc2)C(O)C(O)C1O)c1cc(O)c(O)c(O)c1.O=c1c(O)c(-c2ccc(O)cc2)oc2cc(O)cc(O)c12. The molecule has 5 unspecified atom stereocenters. The first-order valence-corrected chi connectivity index (χ1v) is 15.5. The minimum absolute atomic E-state index is 0.0247. The first kappa shape index (κ1) is 37.2. The summed E-state index contributed by atoms with van der Waals surface area (Å²) in [5, 5.41) is 96.8. The Morgan fingerprint density at radius 3 is 2.02 bits per heavy atom. The number of aliphatic hydroxyl groups is 3. The van der Waals surface area contributed by atoms with Gasteiger partial charge in [-0.3, -0.25) is 4.79 Å². The molecular formula is C36H34O16. The number of hydrogen-bond acceptors (Lipinski definition) is 16. The van der Waals surface area contributed by atoms with Crippen LogP contribution in [-0.2, 0) is 20.6 Å². The number of benzene rings is 4. The molecule has 1 aliphatic heterocycles. The van der Waals surface area contributed by atoms with Crippen molar-refractivity contribution in [3.05, 3.63) is 100 Å². The molecule has 2 heterocycles. The number of aromatic hydroxyl groups is 7. The fourth-order valence-corrected chi connectivity index (χ4v) is 5.18. The van der Waals surface area contributed by atoms with E-state index in [2.05, 4.69) is 0 Å². The Bertz CT molecular complexity index is 2060. The summed E-state index contributed by atoms with van der Waals surface area (Å²) in [5.74, 6) is -4.70. The highest BCUT2D eigenvalue weighted by molar-refractivity contribution is 5.91. The van der Waals surface area contributed by atoms with Gasteiger partial charge < -0.3 is 69.7 Å². The lowest BCUT2D eigenvalue weighted by atomic mass is 9.99. The minimum atomic E-state index is -1.60. The number of ether oxygens (including phenoxy) is 3. The molecule has 0 amide bonds. The monoisotopic (exact) mass is 722 g/mol. The van der Waals surface area contributed by atoms with Crippen LogP contribution in [0.2, 0.25) is 0 Å². The third-order valence-electron chi connectivity index (χ3n) is 7.93. The summed E-state index contributed by atoms with van der Waals surface area (Å²) < 4.78 is 21.4. The average Bonchev–Trinajstić information content (AvgIpc) is 3.12. The van der Waals surface area contributed by atoms with E-state index in [9.17, 15) is 60.7 Å². The van der Waals surface area contributed by atoms with Crippen molar-refractivity contribution in [2.75, 3.05) is 13.2 Å². The molecule has 0 radical (unpaired) electrons. The number of aliphatic hydroxyl groups excluding tert-OH is 3. The van der Waals surface area contributed by atoms with Gasteiger partial charge in [-0.25, -0.2) is 4.79 Å². The highest BCUT2D eigenvalue weighted by Crippen LogP contribution is 2.37. The molecule has 5 aromatic rings. The molecule has 1 aliphatic rings. The number of esters is 1. The molecule has 5 atom stereocenters. The van der Waals surface area contributed by atoms with Gasteiger partial charge in [0.2, 0.25) is 11.2 Å². The molecule has 0 spiro atoms. The third kappa shape index (κ3) is 8.28. The fourth-order valence-electron chi connectivity index (χ4n) is 5.18. The number of phenolic OH excluding ortho intramolecular Hbond substituents is 6. The molecule has 52 heavy (non-hydrogen) atoms. The second-order valence-electron chi connectivity index (χ2n) is 11.6. The molecule has 0 aliphatic carbocycles. The van der Waals surface area contributed by atoms with E-state index in [0.717, 1.165) is 23.8 Å². The molecule has 10 N–H and O–H groups in total. The van der Waals surface area contributed by atoms with Crippen LogP contribution in [0.4, 0.5) is 0 Å². The Morgan fingerprint density at radius 2 is 1.37 bits per heavy atom. The molecular weight excluding hydrogens is 688 g/mol. The van der Waals surface area contributed by atoms with Crippen molar-refractivity contribution < 1.29 is 74.5 Å². The van der Waals surface area contributed by atoms with E-state index >= 15 is 0 Å². The topological polar surface area (TPSA) is 277 Å². The molecule has 16 nitrogen and oxygen atoms in total. The normalized spacial score (nSPS) is 19.8. The standard InChI is InChI=1S/C21H24O10.C15H10O6/c22-13-8-12(9-14(23)16(13)24)20(28)30-10-15-17(25)18(26)19(27)21(31-15)29-7-6-11-4-2-1-3-5-11;16-8-3-1-7(2-4-8)15-14(20)13(19)12-10(18)5-9(17)6-11(12)21-15/h1-5,8-9,15,17-19,21-27H,6-7,10H2;1-6,16-18,20H. The summed E-state index contributed by atoms with van der Waals surface area (Å²) in [4.78, 5) is 24.3. The van der Waals surface area contributed by atoms with Gasteiger partial charge in [0.1, 0.15) is 59.2 Å². The van der Waals surface area contributed by atoms with Gasteiger partial charge in [0, 0.05) is 17.7 Å². The van der Waals surface area contributed by atoms with E-state index in [4.69, 9.17) is 18.6 Å². The molecule has 1 saturated heterocycles. The van der Waals surface area contributed by atoms with Crippen LogP contribution in [0, 0.1) is 0 Å². The summed E-state index contributed by atoms with van der Waals surface area (Å²) in [5.41, 5.74) is 0.246. The highest BCUT2D eigenvalue weighted by atomic mass is 16.7. The number of carbonyl (C=O) groups is 1. The van der Waals surface area contributed by atoms with E-state index in [1.807, 2.05) is 30.3 Å². The quantitative estimate of drug-likeness (QED) is 0.0813. The lowest BCUT2D eigenvalue weighted by Gasteiger charge is -2.39. The first-order valence-electron chi connectivity index (χ1n) is 15.5. The molecule has 16 heteroatoms. The largest absolute Gasteiger partial charge is 0.508 e. The van der Waals surface area contributed by atoms with Gasteiger partial charge in [-0.1, -0.05) is 30.3 Å². The van der Waals surface area contributed by atoms with Gasteiger partial charge in [-0.15, -0.1) is 0 Å². The number of rotatable bonds is 8. The van der Waals surface area contributed by atoms with Crippen molar-refractivity contribution in [2.24, 2.45) is 0 Å². The van der Waals surface area contributed by atoms with Crippen LogP contribution in [0.25, 0.3) is 22.3 Å². The number of phenols is 6. The Kier molecular flexibility index (Phi) is 11.4. The zero-order valence-corrected chi connectivity index (χ0v) is 26.9. The number of hydrogen-bond donors (Lipinski definition) is 10. The third-order valence-corrected chi connectivity index (χ3v) is 7.93. The van der Waals surface area contributed by atoms with E-state index < -0.39 is 77.5 Å². The Balaban J connectivity index is 0.000000216. The van der Waals surface area contributed by atoms with Crippen molar-refractivity contribution in [1.29, 1.82) is 0 Å². The number of fused-ring (bicyclic) bond motifs is 1. The van der Waals surface area contributed by atoms with E-state index in [1.165, 1.54) is 30.3 Å². The lowest BCUT2D eigenvalue weighted by molar-refractivity contribution is -0.300. The predicted octanol–water partition coefficient (Wildman–Crippen LogP) is 2.31. The summed E-state index contributed by atoms with van der Waals surface area (Å²) in [7, 11) is 0. The molecule has 4 aromatic carbocycles. The van der Waals surface area contributed by atoms with Gasteiger partial charge in [-0.2, -0.15) is 0 Å². The van der Waals surface area contributed by atoms with Gasteiger partial charge in [0.05, 0.1) is 12.2 Å². The Labute approximate surface area is 293 Å². The van der Waals surface area contributed by atoms with Crippen molar-refractivity contribution in [3.63, 3.8) is 0 Å². The van der Waals surface area contributed by atoms with E-state index in [1.54, 1.807) is 0 Å². The molecule has 1 aromatic heterocycles. The summed E-state index contributed by atoms with van der Waals surface area (Å²) in [6, 6.07) is 19.0. The Hall–Kier alpha value is -6.04. The maximum absolute atomic E-state index is 12.2. The Morgan fingerprint density at radius 1 is 0.712 bits per heavy atom. The van der Waals surface area contributed by atoms with Crippen LogP contribution in [0.5, 0.6) is 40.2 Å². The molecule has 1 fully saturated rings. The van der Waals surface area contributed by atoms with Crippen molar-refractivity contribution >= 4 is 16.9 Å². The van der Waals surface area contributed by atoms with Crippen molar-refractivity contribution in [2.45, 2.75) is 37.1 Å². The van der Waals surface area contributed by atoms with E-state index in [-0.39, 0.29) is 40.4 Å². The smallest absolute Gasteiger partial charge is 0.338 e. The van der Waals surface area contributed by atoms with Crippen LogP contribution < -0.4 is 5.43 Å². The van der Waals surface area contributed by atoms with Crippen LogP contribution in [-0.4, -0.2) is 101 Å². The fraction of sp³-hybridized carbons (Fsp3) is 0.222. The number of carbonyl (C=O) groups excluding carboxylic acids is 1. The van der Waals surface area contributed by atoms with Gasteiger partial charge >= 0.3 is 5.97 Å². The van der Waals surface area contributed by atoms with Gasteiger partial charge in [-0.05, 0) is 48.4 Å².